The predicted octanol–water partition coefficient (Wildman–Crippen LogP) is 18.1. The van der Waals surface area contributed by atoms with Crippen molar-refractivity contribution in [2.45, 2.75) is 133 Å². The molecule has 8 heteroatoms. The van der Waals surface area contributed by atoms with Crippen molar-refractivity contribution in [1.82, 2.24) is 0 Å². The molecule has 8 aromatic rings. The highest BCUT2D eigenvalue weighted by Gasteiger charge is 2.26. The van der Waals surface area contributed by atoms with E-state index in [1.165, 1.54) is 0 Å². The van der Waals surface area contributed by atoms with Gasteiger partial charge in [-0.2, -0.15) is 0 Å². The molecule has 0 atom stereocenters. The third kappa shape index (κ3) is 17.0. The second-order valence-corrected chi connectivity index (χ2v) is 25.9. The summed E-state index contributed by atoms with van der Waals surface area (Å²) in [6, 6.07) is 49.8. The summed E-state index contributed by atoms with van der Waals surface area (Å²) in [5.74, 6) is 31.4. The predicted molar refractivity (Wildman–Crippen MR) is 379 cm³/mol. The molecule has 1 aliphatic rings. The maximum Gasteiger partial charge on any atom is 0.126 e. The van der Waals surface area contributed by atoms with E-state index >= 15 is 0 Å². The molecule has 0 unspecified atom stereocenters. The van der Waals surface area contributed by atoms with Gasteiger partial charge in [-0.15, -0.1) is 0 Å². The van der Waals surface area contributed by atoms with Crippen molar-refractivity contribution in [2.75, 3.05) is 0 Å². The largest absolute Gasteiger partial charge is 0.490 e. The fourth-order valence-corrected chi connectivity index (χ4v) is 11.0. The average molecular weight is 1230 g/mol. The van der Waals surface area contributed by atoms with Gasteiger partial charge in [-0.1, -0.05) is 145 Å². The molecule has 1 aliphatic carbocycles. The van der Waals surface area contributed by atoms with Gasteiger partial charge in [0, 0.05) is 134 Å². The van der Waals surface area contributed by atoms with E-state index in [0.717, 1.165) is 154 Å². The van der Waals surface area contributed by atoms with Crippen molar-refractivity contribution < 1.29 is 18.9 Å². The Labute approximate surface area is 543 Å². The Morgan fingerprint density at radius 2 is 0.409 bits per heavy atom. The molecule has 4 nitrogen and oxygen atoms in total. The number of rotatable bonds is 12. The zero-order valence-corrected chi connectivity index (χ0v) is 55.5. The lowest BCUT2D eigenvalue weighted by atomic mass is 9.88. The van der Waals surface area contributed by atoms with Crippen LogP contribution < -0.4 is 18.9 Å². The summed E-state index contributed by atoms with van der Waals surface area (Å²) < 4.78 is 28.4. The van der Waals surface area contributed by atoms with E-state index in [9.17, 15) is 0 Å². The quantitative estimate of drug-likeness (QED) is 0.0681. The van der Waals surface area contributed by atoms with Crippen LogP contribution >= 0.6 is 48.9 Å². The van der Waals surface area contributed by atoms with E-state index < -0.39 is 0 Å². The highest BCUT2D eigenvalue weighted by atomic mass is 32.1. The maximum atomic E-state index is 7.10. The molecule has 9 rings (SSSR count). The summed E-state index contributed by atoms with van der Waals surface area (Å²) >= 11 is 22.1. The molecule has 0 heterocycles. The lowest BCUT2D eigenvalue weighted by Gasteiger charge is -2.25. The molecule has 0 saturated carbocycles. The first-order valence-electron chi connectivity index (χ1n) is 29.9. The number of benzene rings is 8. The summed E-state index contributed by atoms with van der Waals surface area (Å²) in [6.45, 7) is 24.3. The minimum atomic E-state index is -0.181. The first-order chi connectivity index (χ1) is 42.1. The Bertz CT molecular complexity index is 3620. The summed E-state index contributed by atoms with van der Waals surface area (Å²) in [5, 5.41) is 0. The highest BCUT2D eigenvalue weighted by Crippen LogP contribution is 2.42. The molecule has 0 radical (unpaired) electrons. The van der Waals surface area contributed by atoms with Crippen LogP contribution in [0.4, 0.5) is 0 Å². The van der Waals surface area contributed by atoms with Gasteiger partial charge in [-0.25, -0.2) is 0 Å². The lowest BCUT2D eigenvalue weighted by Crippen LogP contribution is -2.15. The van der Waals surface area contributed by atoms with E-state index in [1.807, 2.05) is 125 Å². The number of thiocarbonyl (C=S) groups is 4. The third-order valence-corrected chi connectivity index (χ3v) is 15.4. The monoisotopic (exact) mass is 1220 g/mol. The molecular weight excluding hydrogens is 1150 g/mol. The topological polar surface area (TPSA) is 36.9 Å². The van der Waals surface area contributed by atoms with Gasteiger partial charge < -0.3 is 18.9 Å². The van der Waals surface area contributed by atoms with E-state index in [1.54, 1.807) is 0 Å². The van der Waals surface area contributed by atoms with Gasteiger partial charge in [0.2, 0.25) is 0 Å². The number of fused-ring (bicyclic) bond motifs is 8. The molecule has 8 bridgehead atoms. The summed E-state index contributed by atoms with van der Waals surface area (Å²) in [7, 11) is 0. The maximum absolute atomic E-state index is 7.10. The molecule has 0 amide bonds. The van der Waals surface area contributed by atoms with Crippen LogP contribution in [0.1, 0.15) is 194 Å². The van der Waals surface area contributed by atoms with Crippen molar-refractivity contribution >= 4 is 68.3 Å². The number of hydrogen-bond donors (Lipinski definition) is 0. The van der Waals surface area contributed by atoms with Gasteiger partial charge in [0.25, 0.3) is 0 Å². The second-order valence-electron chi connectivity index (χ2n) is 23.4. The second kappa shape index (κ2) is 29.0. The van der Waals surface area contributed by atoms with Crippen molar-refractivity contribution in [3.8, 4) is 70.4 Å². The number of hydrogen-bond acceptors (Lipinski definition) is 8. The Morgan fingerprint density at radius 3 is 0.545 bits per heavy atom. The van der Waals surface area contributed by atoms with Crippen molar-refractivity contribution in [1.29, 1.82) is 0 Å². The zero-order valence-electron chi connectivity index (χ0n) is 52.3. The summed E-state index contributed by atoms with van der Waals surface area (Å²) in [6.07, 6.45) is 0.948. The van der Waals surface area contributed by atoms with Crippen molar-refractivity contribution in [2.24, 2.45) is 0 Å². The third-order valence-electron chi connectivity index (χ3n) is 14.5. The highest BCUT2D eigenvalue weighted by molar-refractivity contribution is 7.81. The Morgan fingerprint density at radius 1 is 0.261 bits per heavy atom. The van der Waals surface area contributed by atoms with E-state index in [2.05, 4.69) is 151 Å². The molecule has 0 saturated heterocycles. The first-order valence-corrected chi connectivity index (χ1v) is 31.6. The molecule has 88 heavy (non-hydrogen) atoms. The van der Waals surface area contributed by atoms with E-state index in [-0.39, 0.29) is 24.4 Å². The van der Waals surface area contributed by atoms with Crippen LogP contribution in [0.2, 0.25) is 0 Å². The minimum Gasteiger partial charge on any atom is -0.490 e. The molecule has 0 N–H and O–H groups in total. The minimum absolute atomic E-state index is 0.181. The Hall–Kier alpha value is -8.44. The van der Waals surface area contributed by atoms with Gasteiger partial charge >= 0.3 is 0 Å². The van der Waals surface area contributed by atoms with E-state index in [0.29, 0.717) is 25.7 Å². The molecule has 0 aliphatic heterocycles. The van der Waals surface area contributed by atoms with Crippen molar-refractivity contribution in [3.63, 3.8) is 0 Å². The SMILES string of the molecule is CC(=S)c1ccc(C#Cc2cc3c(OC(C)C)c(c2)Cc2cc(C#Cc4ccc(C(C)=S)cc4)cc(c2OC(C)C)Cc2cc(C#Cc4ccc(C(C)=S)cc4)cc(c2OC(C)C)Cc2cc(C#Cc4ccc(C(C)=S)cc4)cc(c2OC(C)C)C3)cc1. The van der Waals surface area contributed by atoms with Gasteiger partial charge in [0.05, 0.1) is 24.4 Å². The van der Waals surface area contributed by atoms with Crippen molar-refractivity contribution in [3.05, 3.63) is 257 Å². The fourth-order valence-electron chi connectivity index (χ4n) is 10.5. The Balaban J connectivity index is 1.38. The fraction of sp³-hybridized carbons (Fsp3) is 0.250. The van der Waals surface area contributed by atoms with Crippen LogP contribution in [0.5, 0.6) is 23.0 Å². The summed E-state index contributed by atoms with van der Waals surface area (Å²) in [5.41, 5.74) is 18.4. The van der Waals surface area contributed by atoms with Gasteiger partial charge in [0.1, 0.15) is 23.0 Å². The average Bonchev–Trinajstić information content (AvgIpc) is 1.33. The molecule has 0 aromatic heterocycles. The van der Waals surface area contributed by atoms with Crippen LogP contribution in [0.15, 0.2) is 146 Å². The zero-order chi connectivity index (χ0) is 62.8. The first kappa shape index (κ1) is 64.0. The molecule has 0 spiro atoms. The smallest absolute Gasteiger partial charge is 0.126 e. The van der Waals surface area contributed by atoms with Gasteiger partial charge in [-0.05, 0) is 202 Å². The molecular formula is C80H72O4S4. The number of ether oxygens (including phenoxy) is 4. The lowest BCUT2D eigenvalue weighted by molar-refractivity contribution is 0.233. The Kier molecular flexibility index (Phi) is 21.1. The van der Waals surface area contributed by atoms with Crippen LogP contribution in [0, 0.1) is 47.4 Å². The molecule has 440 valence electrons. The van der Waals surface area contributed by atoms with E-state index in [4.69, 9.17) is 67.8 Å². The molecule has 8 aromatic carbocycles. The molecule has 0 fully saturated rings. The van der Waals surface area contributed by atoms with Crippen LogP contribution in [-0.4, -0.2) is 43.9 Å². The summed E-state index contributed by atoms with van der Waals surface area (Å²) in [4.78, 5) is 3.32. The van der Waals surface area contributed by atoms with Crippen LogP contribution in [0.3, 0.4) is 0 Å². The van der Waals surface area contributed by atoms with Crippen LogP contribution in [-0.2, 0) is 25.7 Å². The van der Waals surface area contributed by atoms with Crippen LogP contribution in [0.25, 0.3) is 0 Å². The normalized spacial score (nSPS) is 11.5. The standard InChI is InChI=1S/C80H72O4S4/c1-49(2)81-77-69-37-61(17-13-57-21-29-65(30-22-57)53(9)85)38-70(77)46-72-40-63(19-15-59-25-33-67(34-26-59)55(11)87)42-74(79(72)83-51(5)6)48-76-44-64(20-16-60-27-35-68(36-28-60)56(12)88)43-75(80(76)84-52(7)8)47-73-41-62(39-71(45-69)78(73)82-50(3)4)18-14-58-23-31-66(32-24-58)54(10)86/h21-44,49-52H,45-48H2,1-12H3. The van der Waals surface area contributed by atoms with Gasteiger partial charge in [0.15, 0.2) is 0 Å². The van der Waals surface area contributed by atoms with Gasteiger partial charge in [-0.3, -0.25) is 0 Å².